The van der Waals surface area contributed by atoms with Gasteiger partial charge in [-0.15, -0.1) is 0 Å². The van der Waals surface area contributed by atoms with Crippen molar-refractivity contribution in [2.45, 2.75) is 31.3 Å². The van der Waals surface area contributed by atoms with E-state index in [4.69, 9.17) is 10.5 Å². The van der Waals surface area contributed by atoms with Gasteiger partial charge in [0.2, 0.25) is 0 Å². The van der Waals surface area contributed by atoms with Crippen LogP contribution in [0, 0.1) is 0 Å². The molecule has 0 spiro atoms. The van der Waals surface area contributed by atoms with Crippen molar-refractivity contribution >= 4 is 11.7 Å². The average molecular weight is 303 g/mol. The maximum atomic E-state index is 12.0. The number of hydrogen-bond donors (Lipinski definition) is 1. The highest BCUT2D eigenvalue weighted by molar-refractivity contribution is 5.84. The predicted molar refractivity (Wildman–Crippen MR) is 86.4 cm³/mol. The van der Waals surface area contributed by atoms with E-state index in [2.05, 4.69) is 22.8 Å². The van der Waals surface area contributed by atoms with Crippen molar-refractivity contribution in [2.24, 2.45) is 0 Å². The summed E-state index contributed by atoms with van der Waals surface area (Å²) in [7, 11) is 1.49. The molecule has 1 heterocycles. The van der Waals surface area contributed by atoms with Gasteiger partial charge in [-0.3, -0.25) is 14.6 Å². The van der Waals surface area contributed by atoms with Crippen molar-refractivity contribution < 1.29 is 9.53 Å². The number of methoxy groups -OCH3 is 1. The number of anilines is 1. The van der Waals surface area contributed by atoms with Gasteiger partial charge in [-0.05, 0) is 37.5 Å². The fraction of sp³-hybridized carbons (Fsp3) is 0.588. The minimum absolute atomic E-state index is 0.0650. The first-order chi connectivity index (χ1) is 10.6. The van der Waals surface area contributed by atoms with Gasteiger partial charge in [0.1, 0.15) is 5.54 Å². The largest absolute Gasteiger partial charge is 0.468 e. The van der Waals surface area contributed by atoms with Gasteiger partial charge < -0.3 is 10.5 Å². The zero-order valence-electron chi connectivity index (χ0n) is 13.4. The summed E-state index contributed by atoms with van der Waals surface area (Å²) >= 11 is 0. The van der Waals surface area contributed by atoms with Crippen molar-refractivity contribution in [2.75, 3.05) is 39.0 Å². The lowest BCUT2D eigenvalue weighted by molar-refractivity contribution is -0.150. The lowest BCUT2D eigenvalue weighted by atomic mass is 10.0. The summed E-state index contributed by atoms with van der Waals surface area (Å²) in [6, 6.07) is 8.45. The Morgan fingerprint density at radius 2 is 1.95 bits per heavy atom. The highest BCUT2D eigenvalue weighted by Gasteiger charge is 2.56. The standard InChI is InChI=1S/C17H25N3O2/c1-13(14-4-3-5-15(18)12-14)19-8-10-20(11-9-19)17(6-7-17)16(21)22-2/h3-5,12-13H,6-11,18H2,1-2H3. The molecular weight excluding hydrogens is 278 g/mol. The zero-order valence-corrected chi connectivity index (χ0v) is 13.4. The van der Waals surface area contributed by atoms with Crippen LogP contribution >= 0.6 is 0 Å². The Hall–Kier alpha value is -1.59. The van der Waals surface area contributed by atoms with Crippen molar-refractivity contribution in [1.82, 2.24) is 9.80 Å². The summed E-state index contributed by atoms with van der Waals surface area (Å²) in [4.78, 5) is 16.7. The van der Waals surface area contributed by atoms with Crippen LogP contribution in [-0.4, -0.2) is 54.6 Å². The molecule has 1 aliphatic carbocycles. The Balaban J connectivity index is 1.61. The summed E-state index contributed by atoms with van der Waals surface area (Å²) in [5, 5.41) is 0. The monoisotopic (exact) mass is 303 g/mol. The Bertz CT molecular complexity index is 549. The number of carbonyl (C=O) groups excluding carboxylic acids is 1. The van der Waals surface area contributed by atoms with Gasteiger partial charge in [0.05, 0.1) is 7.11 Å². The number of piperazine rings is 1. The second-order valence-electron chi connectivity index (χ2n) is 6.39. The van der Waals surface area contributed by atoms with E-state index in [0.29, 0.717) is 6.04 Å². The molecule has 1 saturated carbocycles. The fourth-order valence-corrected chi connectivity index (χ4v) is 3.52. The first-order valence-electron chi connectivity index (χ1n) is 8.00. The van der Waals surface area contributed by atoms with Crippen LogP contribution < -0.4 is 5.73 Å². The van der Waals surface area contributed by atoms with Crippen LogP contribution in [0.15, 0.2) is 24.3 Å². The third-order valence-electron chi connectivity index (χ3n) is 5.15. The maximum Gasteiger partial charge on any atom is 0.326 e. The zero-order chi connectivity index (χ0) is 15.7. The molecule has 1 aliphatic heterocycles. The maximum absolute atomic E-state index is 12.0. The molecule has 2 fully saturated rings. The lowest BCUT2D eigenvalue weighted by Crippen LogP contribution is -2.54. The summed E-state index contributed by atoms with van der Waals surface area (Å²) in [6.45, 7) is 5.99. The first kappa shape index (κ1) is 15.3. The van der Waals surface area contributed by atoms with E-state index in [-0.39, 0.29) is 11.5 Å². The SMILES string of the molecule is COC(=O)C1(N2CCN(C(C)c3cccc(N)c3)CC2)CC1. The molecule has 5 heteroatoms. The smallest absolute Gasteiger partial charge is 0.326 e. The van der Waals surface area contributed by atoms with Crippen molar-refractivity contribution in [3.05, 3.63) is 29.8 Å². The van der Waals surface area contributed by atoms with E-state index in [1.807, 2.05) is 18.2 Å². The molecule has 1 aromatic carbocycles. The average Bonchev–Trinajstić information content (AvgIpc) is 3.35. The molecule has 22 heavy (non-hydrogen) atoms. The number of carbonyl (C=O) groups is 1. The molecule has 2 aliphatic rings. The van der Waals surface area contributed by atoms with Gasteiger partial charge in [0.15, 0.2) is 0 Å². The molecule has 120 valence electrons. The Morgan fingerprint density at radius 3 is 2.50 bits per heavy atom. The van der Waals surface area contributed by atoms with E-state index < -0.39 is 0 Å². The third kappa shape index (κ3) is 2.71. The molecule has 2 N–H and O–H groups in total. The van der Waals surface area contributed by atoms with Gasteiger partial charge in [0, 0.05) is 37.9 Å². The molecule has 1 aromatic rings. The lowest BCUT2D eigenvalue weighted by Gasteiger charge is -2.41. The molecule has 3 rings (SSSR count). The van der Waals surface area contributed by atoms with Gasteiger partial charge in [-0.1, -0.05) is 12.1 Å². The Labute approximate surface area is 132 Å². The number of ether oxygens (including phenoxy) is 1. The number of nitrogens with zero attached hydrogens (tertiary/aromatic N) is 2. The molecule has 1 atom stereocenters. The summed E-state index contributed by atoms with van der Waals surface area (Å²) in [5.41, 5.74) is 7.63. The van der Waals surface area contributed by atoms with Crippen LogP contribution in [0.1, 0.15) is 31.4 Å². The molecule has 5 nitrogen and oxygen atoms in total. The number of nitrogens with two attached hydrogens (primary N) is 1. The van der Waals surface area contributed by atoms with E-state index in [1.165, 1.54) is 12.7 Å². The minimum atomic E-state index is -0.318. The minimum Gasteiger partial charge on any atom is -0.468 e. The van der Waals surface area contributed by atoms with Crippen LogP contribution in [0.25, 0.3) is 0 Å². The van der Waals surface area contributed by atoms with E-state index in [0.717, 1.165) is 44.7 Å². The van der Waals surface area contributed by atoms with Gasteiger partial charge >= 0.3 is 5.97 Å². The van der Waals surface area contributed by atoms with Crippen LogP contribution in [0.3, 0.4) is 0 Å². The molecule has 1 unspecified atom stereocenters. The molecule has 0 radical (unpaired) electrons. The number of rotatable bonds is 4. The predicted octanol–water partition coefficient (Wildman–Crippen LogP) is 1.65. The van der Waals surface area contributed by atoms with E-state index in [1.54, 1.807) is 0 Å². The number of hydrogen-bond acceptors (Lipinski definition) is 5. The molecule has 0 bridgehead atoms. The highest BCUT2D eigenvalue weighted by Crippen LogP contribution is 2.43. The van der Waals surface area contributed by atoms with E-state index in [9.17, 15) is 4.79 Å². The fourth-order valence-electron chi connectivity index (χ4n) is 3.52. The second kappa shape index (κ2) is 5.89. The Morgan fingerprint density at radius 1 is 1.27 bits per heavy atom. The van der Waals surface area contributed by atoms with Crippen molar-refractivity contribution in [3.63, 3.8) is 0 Å². The summed E-state index contributed by atoms with van der Waals surface area (Å²) in [6.07, 6.45) is 1.87. The number of esters is 1. The third-order valence-corrected chi connectivity index (χ3v) is 5.15. The molecule has 1 saturated heterocycles. The van der Waals surface area contributed by atoms with Crippen LogP contribution in [-0.2, 0) is 9.53 Å². The van der Waals surface area contributed by atoms with Gasteiger partial charge in [-0.2, -0.15) is 0 Å². The summed E-state index contributed by atoms with van der Waals surface area (Å²) < 4.78 is 4.98. The molecule has 0 aromatic heterocycles. The van der Waals surface area contributed by atoms with Crippen LogP contribution in [0.5, 0.6) is 0 Å². The number of benzene rings is 1. The van der Waals surface area contributed by atoms with Gasteiger partial charge in [0.25, 0.3) is 0 Å². The normalized spacial score (nSPS) is 23.0. The molecular formula is C17H25N3O2. The molecule has 0 amide bonds. The van der Waals surface area contributed by atoms with Crippen LogP contribution in [0.4, 0.5) is 5.69 Å². The van der Waals surface area contributed by atoms with Crippen LogP contribution in [0.2, 0.25) is 0 Å². The topological polar surface area (TPSA) is 58.8 Å². The van der Waals surface area contributed by atoms with Crippen molar-refractivity contribution in [3.8, 4) is 0 Å². The first-order valence-corrected chi connectivity index (χ1v) is 8.00. The quantitative estimate of drug-likeness (QED) is 0.677. The second-order valence-corrected chi connectivity index (χ2v) is 6.39. The van der Waals surface area contributed by atoms with Crippen molar-refractivity contribution in [1.29, 1.82) is 0 Å². The van der Waals surface area contributed by atoms with Gasteiger partial charge in [-0.25, -0.2) is 0 Å². The highest BCUT2D eigenvalue weighted by atomic mass is 16.5. The Kier molecular flexibility index (Phi) is 4.10. The summed E-state index contributed by atoms with van der Waals surface area (Å²) in [5.74, 6) is -0.0650. The number of nitrogen functional groups attached to an aromatic ring is 1. The van der Waals surface area contributed by atoms with E-state index >= 15 is 0 Å².